The topological polar surface area (TPSA) is 79.3 Å². The summed E-state index contributed by atoms with van der Waals surface area (Å²) in [6.45, 7) is 7.04. The number of carbonyl (C=O) groups excluding carboxylic acids is 2. The lowest BCUT2D eigenvalue weighted by Crippen LogP contribution is -2.37. The van der Waals surface area contributed by atoms with Crippen LogP contribution in [-0.2, 0) is 17.8 Å². The van der Waals surface area contributed by atoms with E-state index in [1.165, 1.54) is 18.2 Å². The fourth-order valence-electron chi connectivity index (χ4n) is 4.02. The molecule has 0 saturated carbocycles. The van der Waals surface area contributed by atoms with Crippen LogP contribution in [0.5, 0.6) is 0 Å². The number of nitrogens with one attached hydrogen (secondary N) is 2. The van der Waals surface area contributed by atoms with Gasteiger partial charge in [0, 0.05) is 24.6 Å². The van der Waals surface area contributed by atoms with E-state index in [0.29, 0.717) is 25.2 Å². The van der Waals surface area contributed by atoms with Crippen LogP contribution in [-0.4, -0.2) is 33.8 Å². The molecule has 1 aromatic carbocycles. The van der Waals surface area contributed by atoms with Crippen LogP contribution in [0, 0.1) is 17.7 Å². The maximum Gasteiger partial charge on any atom is 0.322 e. The van der Waals surface area contributed by atoms with E-state index in [-0.39, 0.29) is 34.3 Å². The van der Waals surface area contributed by atoms with Gasteiger partial charge in [0.15, 0.2) is 0 Å². The fraction of sp³-hybridized carbons (Fsp3) is 0.450. The fourth-order valence-corrected chi connectivity index (χ4v) is 4.20. The van der Waals surface area contributed by atoms with Gasteiger partial charge >= 0.3 is 6.03 Å². The van der Waals surface area contributed by atoms with Crippen molar-refractivity contribution in [1.29, 1.82) is 0 Å². The third kappa shape index (κ3) is 3.69. The van der Waals surface area contributed by atoms with Crippen LogP contribution in [0.2, 0.25) is 5.02 Å². The van der Waals surface area contributed by atoms with E-state index in [2.05, 4.69) is 15.7 Å². The van der Waals surface area contributed by atoms with Gasteiger partial charge in [0.25, 0.3) is 0 Å². The quantitative estimate of drug-likeness (QED) is 0.799. The average molecular weight is 420 g/mol. The van der Waals surface area contributed by atoms with E-state index in [4.69, 9.17) is 11.6 Å². The highest BCUT2D eigenvalue weighted by molar-refractivity contribution is 6.31. The standard InChI is InChI=1S/C20H23ClFN5O2/c1-11-9-27-16(17(8-23-27)26-10-20(2,3)25-19(26)29)7-13(11)18(28)24-12-4-5-15(22)14(21)6-12/h4-6,8,11,13H,7,9-10H2,1-3H3,(H,24,28)(H,25,29)/t11-,13?/m1/s1. The van der Waals surface area contributed by atoms with Crippen LogP contribution in [0.3, 0.4) is 0 Å². The molecule has 0 bridgehead atoms. The number of halogens is 2. The summed E-state index contributed by atoms with van der Waals surface area (Å²) < 4.78 is 15.2. The smallest absolute Gasteiger partial charge is 0.322 e. The van der Waals surface area contributed by atoms with Crippen LogP contribution in [0.15, 0.2) is 24.4 Å². The molecule has 154 valence electrons. The van der Waals surface area contributed by atoms with E-state index in [1.807, 2.05) is 25.5 Å². The minimum Gasteiger partial charge on any atom is -0.331 e. The Hall–Kier alpha value is -2.61. The Morgan fingerprint density at radius 1 is 1.41 bits per heavy atom. The number of aromatic nitrogens is 2. The first-order valence-electron chi connectivity index (χ1n) is 9.55. The van der Waals surface area contributed by atoms with Crippen LogP contribution in [0.25, 0.3) is 0 Å². The normalized spacial score (nSPS) is 22.9. The molecule has 1 unspecified atom stereocenters. The first-order chi connectivity index (χ1) is 13.6. The summed E-state index contributed by atoms with van der Waals surface area (Å²) in [7, 11) is 0. The number of amides is 3. The molecule has 0 radical (unpaired) electrons. The van der Waals surface area contributed by atoms with Crippen LogP contribution < -0.4 is 15.5 Å². The van der Waals surface area contributed by atoms with Crippen molar-refractivity contribution in [2.45, 2.75) is 39.3 Å². The molecular weight excluding hydrogens is 397 g/mol. The van der Waals surface area contributed by atoms with Crippen LogP contribution in [0.1, 0.15) is 26.5 Å². The number of rotatable bonds is 3. The van der Waals surface area contributed by atoms with E-state index in [0.717, 1.165) is 11.4 Å². The zero-order valence-electron chi connectivity index (χ0n) is 16.5. The van der Waals surface area contributed by atoms with Crippen LogP contribution >= 0.6 is 11.6 Å². The molecule has 2 aliphatic rings. The number of hydrogen-bond donors (Lipinski definition) is 2. The lowest BCUT2D eigenvalue weighted by Gasteiger charge is -2.30. The lowest BCUT2D eigenvalue weighted by molar-refractivity contribution is -0.121. The van der Waals surface area contributed by atoms with Gasteiger partial charge in [-0.3, -0.25) is 14.4 Å². The first kappa shape index (κ1) is 19.7. The molecule has 2 aliphatic heterocycles. The molecule has 2 atom stereocenters. The van der Waals surface area contributed by atoms with Gasteiger partial charge < -0.3 is 10.6 Å². The minimum absolute atomic E-state index is 0.0393. The molecule has 1 saturated heterocycles. The van der Waals surface area contributed by atoms with Gasteiger partial charge in [-0.1, -0.05) is 18.5 Å². The van der Waals surface area contributed by atoms with Crippen molar-refractivity contribution in [2.75, 3.05) is 16.8 Å². The van der Waals surface area contributed by atoms with Crippen molar-refractivity contribution in [3.05, 3.63) is 40.9 Å². The largest absolute Gasteiger partial charge is 0.331 e. The number of anilines is 2. The molecule has 0 spiro atoms. The van der Waals surface area contributed by atoms with E-state index in [9.17, 15) is 14.0 Å². The Bertz CT molecular complexity index is 989. The van der Waals surface area contributed by atoms with E-state index >= 15 is 0 Å². The van der Waals surface area contributed by atoms with Crippen molar-refractivity contribution >= 4 is 34.9 Å². The third-order valence-electron chi connectivity index (χ3n) is 5.55. The Labute approximate surface area is 173 Å². The Morgan fingerprint density at radius 3 is 2.83 bits per heavy atom. The van der Waals surface area contributed by atoms with Crippen molar-refractivity contribution < 1.29 is 14.0 Å². The molecule has 1 fully saturated rings. The van der Waals surface area contributed by atoms with Gasteiger partial charge in [0.2, 0.25) is 5.91 Å². The molecule has 29 heavy (non-hydrogen) atoms. The zero-order valence-corrected chi connectivity index (χ0v) is 17.3. The summed E-state index contributed by atoms with van der Waals surface area (Å²) in [5.74, 6) is -0.948. The predicted octanol–water partition coefficient (Wildman–Crippen LogP) is 3.43. The highest BCUT2D eigenvalue weighted by Crippen LogP contribution is 2.34. The third-order valence-corrected chi connectivity index (χ3v) is 5.84. The van der Waals surface area contributed by atoms with Crippen molar-refractivity contribution in [2.24, 2.45) is 11.8 Å². The van der Waals surface area contributed by atoms with Gasteiger partial charge in [-0.2, -0.15) is 5.10 Å². The van der Waals surface area contributed by atoms with Crippen molar-refractivity contribution in [1.82, 2.24) is 15.1 Å². The predicted molar refractivity (Wildman–Crippen MR) is 109 cm³/mol. The Morgan fingerprint density at radius 2 is 2.17 bits per heavy atom. The maximum atomic E-state index is 13.4. The molecule has 7 nitrogen and oxygen atoms in total. The number of urea groups is 1. The van der Waals surface area contributed by atoms with Gasteiger partial charge in [0.1, 0.15) is 5.82 Å². The van der Waals surface area contributed by atoms with Gasteiger partial charge in [-0.05, 0) is 38.0 Å². The number of hydrogen-bond acceptors (Lipinski definition) is 3. The summed E-state index contributed by atoms with van der Waals surface area (Å²) in [4.78, 5) is 27.0. The monoisotopic (exact) mass is 419 g/mol. The van der Waals surface area contributed by atoms with Gasteiger partial charge in [0.05, 0.1) is 34.7 Å². The SMILES string of the molecule is C[C@@H]1Cn2ncc(N3CC(C)(C)NC3=O)c2CC1C(=O)Nc1ccc(F)c(Cl)c1. The van der Waals surface area contributed by atoms with E-state index in [1.54, 1.807) is 11.1 Å². The zero-order chi connectivity index (χ0) is 20.9. The summed E-state index contributed by atoms with van der Waals surface area (Å²) in [6, 6.07) is 3.95. The molecule has 0 aliphatic carbocycles. The summed E-state index contributed by atoms with van der Waals surface area (Å²) in [5.41, 5.74) is 1.73. The molecule has 1 aromatic heterocycles. The number of fused-ring (bicyclic) bond motifs is 1. The molecule has 2 aromatic rings. The molecule has 2 N–H and O–H groups in total. The first-order valence-corrected chi connectivity index (χ1v) is 9.93. The Kier molecular flexibility index (Phi) is 4.77. The second-order valence-electron chi connectivity index (χ2n) is 8.46. The second kappa shape index (κ2) is 7.02. The maximum absolute atomic E-state index is 13.4. The number of nitrogens with zero attached hydrogens (tertiary/aromatic N) is 3. The number of carbonyl (C=O) groups is 2. The highest BCUT2D eigenvalue weighted by atomic mass is 35.5. The molecule has 3 heterocycles. The molecule has 4 rings (SSSR count). The second-order valence-corrected chi connectivity index (χ2v) is 8.87. The average Bonchev–Trinajstić information content (AvgIpc) is 3.15. The molecule has 9 heteroatoms. The Balaban J connectivity index is 1.56. The summed E-state index contributed by atoms with van der Waals surface area (Å²) in [6.07, 6.45) is 2.16. The molecule has 3 amide bonds. The van der Waals surface area contributed by atoms with Gasteiger partial charge in [-0.15, -0.1) is 0 Å². The van der Waals surface area contributed by atoms with Crippen molar-refractivity contribution in [3.8, 4) is 0 Å². The lowest BCUT2D eigenvalue weighted by atomic mass is 9.85. The minimum atomic E-state index is -0.531. The molecular formula is C20H23ClFN5O2. The van der Waals surface area contributed by atoms with Crippen LogP contribution in [0.4, 0.5) is 20.6 Å². The van der Waals surface area contributed by atoms with Gasteiger partial charge in [-0.25, -0.2) is 9.18 Å². The van der Waals surface area contributed by atoms with Crippen molar-refractivity contribution in [3.63, 3.8) is 0 Å². The number of benzene rings is 1. The summed E-state index contributed by atoms with van der Waals surface area (Å²) in [5, 5.41) is 10.2. The highest BCUT2D eigenvalue weighted by Gasteiger charge is 2.40. The van der Waals surface area contributed by atoms with E-state index < -0.39 is 5.82 Å². The summed E-state index contributed by atoms with van der Waals surface area (Å²) >= 11 is 5.81.